The molecular weight excluding hydrogens is 338 g/mol. The molecular formula is C18H23N3O5. The van der Waals surface area contributed by atoms with Crippen LogP contribution >= 0.6 is 0 Å². The van der Waals surface area contributed by atoms with Gasteiger partial charge in [0.15, 0.2) is 12.4 Å². The van der Waals surface area contributed by atoms with Crippen molar-refractivity contribution in [2.24, 2.45) is 0 Å². The first kappa shape index (κ1) is 19.5. The minimum atomic E-state index is -0.541. The third kappa shape index (κ3) is 5.06. The average Bonchev–Trinajstić information content (AvgIpc) is 3.17. The Labute approximate surface area is 151 Å². The largest absolute Gasteiger partial charge is 0.477 e. The number of furan rings is 1. The maximum absolute atomic E-state index is 12.1. The molecule has 0 aliphatic rings. The first-order valence-electron chi connectivity index (χ1n) is 8.47. The van der Waals surface area contributed by atoms with Crippen LogP contribution in [0.3, 0.4) is 0 Å². The predicted octanol–water partition coefficient (Wildman–Crippen LogP) is 2.77. The number of nitro groups is 1. The molecule has 8 heteroatoms. The number of nitrogens with one attached hydrogen (secondary N) is 1. The Balaban J connectivity index is 1.93. The molecule has 140 valence electrons. The molecule has 8 nitrogen and oxygen atoms in total. The molecule has 0 spiro atoms. The van der Waals surface area contributed by atoms with E-state index in [9.17, 15) is 14.9 Å². The van der Waals surface area contributed by atoms with Gasteiger partial charge in [-0.25, -0.2) is 0 Å². The number of ether oxygens (including phenoxy) is 1. The summed E-state index contributed by atoms with van der Waals surface area (Å²) in [6, 6.07) is 9.56. The van der Waals surface area contributed by atoms with Crippen molar-refractivity contribution in [1.29, 1.82) is 0 Å². The van der Waals surface area contributed by atoms with Gasteiger partial charge in [-0.1, -0.05) is 26.0 Å². The van der Waals surface area contributed by atoms with Crippen LogP contribution in [0.2, 0.25) is 0 Å². The summed E-state index contributed by atoms with van der Waals surface area (Å²) >= 11 is 0. The second-order valence-electron chi connectivity index (χ2n) is 5.57. The van der Waals surface area contributed by atoms with Crippen LogP contribution in [-0.2, 0) is 4.79 Å². The van der Waals surface area contributed by atoms with Crippen molar-refractivity contribution in [1.82, 2.24) is 10.2 Å². The topological polar surface area (TPSA) is 97.9 Å². The van der Waals surface area contributed by atoms with Crippen molar-refractivity contribution < 1.29 is 18.9 Å². The lowest BCUT2D eigenvalue weighted by Gasteiger charge is -2.28. The normalized spacial score (nSPS) is 12.0. The summed E-state index contributed by atoms with van der Waals surface area (Å²) in [6.45, 7) is 5.76. The highest BCUT2D eigenvalue weighted by Crippen LogP contribution is 2.25. The van der Waals surface area contributed by atoms with Gasteiger partial charge in [-0.2, -0.15) is 0 Å². The Morgan fingerprint density at radius 3 is 2.62 bits per heavy atom. The van der Waals surface area contributed by atoms with Gasteiger partial charge in [0.1, 0.15) is 5.76 Å². The first-order valence-corrected chi connectivity index (χ1v) is 8.47. The monoisotopic (exact) mass is 361 g/mol. The third-order valence-corrected chi connectivity index (χ3v) is 4.04. The molecule has 1 atom stereocenters. The van der Waals surface area contributed by atoms with E-state index in [1.165, 1.54) is 12.1 Å². The number of hydrogen-bond acceptors (Lipinski definition) is 6. The van der Waals surface area contributed by atoms with Gasteiger partial charge in [-0.3, -0.25) is 19.8 Å². The first-order chi connectivity index (χ1) is 12.6. The Morgan fingerprint density at radius 2 is 2.00 bits per heavy atom. The van der Waals surface area contributed by atoms with Crippen LogP contribution in [0, 0.1) is 10.1 Å². The average molecular weight is 361 g/mol. The van der Waals surface area contributed by atoms with Gasteiger partial charge >= 0.3 is 5.69 Å². The van der Waals surface area contributed by atoms with Gasteiger partial charge < -0.3 is 14.5 Å². The number of nitro benzene ring substituents is 1. The van der Waals surface area contributed by atoms with Crippen molar-refractivity contribution in [2.75, 3.05) is 26.2 Å². The number of rotatable bonds is 10. The summed E-state index contributed by atoms with van der Waals surface area (Å²) in [5.41, 5.74) is -0.170. The van der Waals surface area contributed by atoms with E-state index in [1.54, 1.807) is 18.4 Å². The van der Waals surface area contributed by atoms with Crippen molar-refractivity contribution in [3.05, 3.63) is 58.5 Å². The fourth-order valence-electron chi connectivity index (χ4n) is 2.69. The van der Waals surface area contributed by atoms with Crippen molar-refractivity contribution in [3.8, 4) is 5.75 Å². The Bertz CT molecular complexity index is 713. The van der Waals surface area contributed by atoms with E-state index < -0.39 is 4.92 Å². The number of amides is 1. The summed E-state index contributed by atoms with van der Waals surface area (Å²) in [5.74, 6) is 0.486. The van der Waals surface area contributed by atoms with E-state index in [0.29, 0.717) is 6.54 Å². The van der Waals surface area contributed by atoms with Crippen molar-refractivity contribution in [2.45, 2.75) is 19.9 Å². The van der Waals surface area contributed by atoms with E-state index in [0.717, 1.165) is 18.8 Å². The quantitative estimate of drug-likeness (QED) is 0.516. The molecule has 2 aromatic rings. The summed E-state index contributed by atoms with van der Waals surface area (Å²) in [7, 11) is 0. The number of carbonyl (C=O) groups excluding carboxylic acids is 1. The Morgan fingerprint density at radius 1 is 1.27 bits per heavy atom. The van der Waals surface area contributed by atoms with Crippen LogP contribution in [0.15, 0.2) is 47.1 Å². The van der Waals surface area contributed by atoms with Gasteiger partial charge in [0.2, 0.25) is 0 Å². The minimum Gasteiger partial charge on any atom is -0.477 e. The molecule has 0 aliphatic heterocycles. The van der Waals surface area contributed by atoms with Crippen LogP contribution < -0.4 is 10.1 Å². The second-order valence-corrected chi connectivity index (χ2v) is 5.57. The number of carbonyl (C=O) groups is 1. The molecule has 1 amide bonds. The molecule has 1 heterocycles. The third-order valence-electron chi connectivity index (χ3n) is 4.04. The number of hydrogen-bond donors (Lipinski definition) is 1. The van der Waals surface area contributed by atoms with Crippen LogP contribution in [0.5, 0.6) is 5.75 Å². The summed E-state index contributed by atoms with van der Waals surface area (Å²) < 4.78 is 10.8. The molecule has 1 aromatic heterocycles. The Kier molecular flexibility index (Phi) is 7.16. The molecule has 0 saturated heterocycles. The van der Waals surface area contributed by atoms with E-state index >= 15 is 0 Å². The molecule has 1 unspecified atom stereocenters. The van der Waals surface area contributed by atoms with Crippen LogP contribution in [0.1, 0.15) is 25.6 Å². The SMILES string of the molecule is CCN(CC)C(CNC(=O)COc1ccccc1[N+](=O)[O-])c1ccco1. The van der Waals surface area contributed by atoms with Gasteiger partial charge in [-0.15, -0.1) is 0 Å². The predicted molar refractivity (Wildman–Crippen MR) is 96.0 cm³/mol. The fraction of sp³-hybridized carbons (Fsp3) is 0.389. The molecule has 0 bridgehead atoms. The second kappa shape index (κ2) is 9.57. The molecule has 26 heavy (non-hydrogen) atoms. The van der Waals surface area contributed by atoms with E-state index in [4.69, 9.17) is 9.15 Å². The lowest BCUT2D eigenvalue weighted by atomic mass is 10.2. The molecule has 0 saturated carbocycles. The molecule has 0 fully saturated rings. The van der Waals surface area contributed by atoms with E-state index in [2.05, 4.69) is 10.2 Å². The molecule has 0 radical (unpaired) electrons. The van der Waals surface area contributed by atoms with E-state index in [1.807, 2.05) is 26.0 Å². The highest BCUT2D eigenvalue weighted by molar-refractivity contribution is 5.77. The Hall–Kier alpha value is -2.87. The highest BCUT2D eigenvalue weighted by Gasteiger charge is 2.21. The maximum atomic E-state index is 12.1. The maximum Gasteiger partial charge on any atom is 0.310 e. The number of likely N-dealkylation sites (N-methyl/N-ethyl adjacent to an activating group) is 1. The molecule has 1 N–H and O–H groups in total. The van der Waals surface area contributed by atoms with Gasteiger partial charge in [-0.05, 0) is 31.3 Å². The summed E-state index contributed by atoms with van der Waals surface area (Å²) in [6.07, 6.45) is 1.60. The minimum absolute atomic E-state index is 0.0685. The summed E-state index contributed by atoms with van der Waals surface area (Å²) in [4.78, 5) is 24.7. The smallest absolute Gasteiger partial charge is 0.310 e. The van der Waals surface area contributed by atoms with Crippen LogP contribution in [0.4, 0.5) is 5.69 Å². The number of nitrogens with zero attached hydrogens (tertiary/aromatic N) is 2. The highest BCUT2D eigenvalue weighted by atomic mass is 16.6. The standard InChI is InChI=1S/C18H23N3O5/c1-3-20(4-2)15(17-10-7-11-25-17)12-19-18(22)13-26-16-9-6-5-8-14(16)21(23)24/h5-11,15H,3-4,12-13H2,1-2H3,(H,19,22). The molecule has 1 aromatic carbocycles. The van der Waals surface area contributed by atoms with Gasteiger partial charge in [0.25, 0.3) is 5.91 Å². The number of para-hydroxylation sites is 2. The van der Waals surface area contributed by atoms with E-state index in [-0.39, 0.29) is 30.0 Å². The van der Waals surface area contributed by atoms with Gasteiger partial charge in [0.05, 0.1) is 17.2 Å². The molecule has 0 aliphatic carbocycles. The van der Waals surface area contributed by atoms with Crippen molar-refractivity contribution >= 4 is 11.6 Å². The van der Waals surface area contributed by atoms with Crippen molar-refractivity contribution in [3.63, 3.8) is 0 Å². The van der Waals surface area contributed by atoms with Gasteiger partial charge in [0, 0.05) is 12.6 Å². The zero-order chi connectivity index (χ0) is 18.9. The lowest BCUT2D eigenvalue weighted by Crippen LogP contribution is -2.39. The summed E-state index contributed by atoms with van der Waals surface area (Å²) in [5, 5.41) is 13.8. The van der Waals surface area contributed by atoms with Crippen LogP contribution in [-0.4, -0.2) is 42.0 Å². The fourth-order valence-corrected chi connectivity index (χ4v) is 2.69. The van der Waals surface area contributed by atoms with Crippen LogP contribution in [0.25, 0.3) is 0 Å². The zero-order valence-electron chi connectivity index (χ0n) is 14.9. The molecule has 2 rings (SSSR count). The number of benzene rings is 1. The zero-order valence-corrected chi connectivity index (χ0v) is 14.9. The lowest BCUT2D eigenvalue weighted by molar-refractivity contribution is -0.385.